The summed E-state index contributed by atoms with van der Waals surface area (Å²) in [5.41, 5.74) is 6.31. The molecule has 0 aromatic heterocycles. The molecule has 0 heterocycles. The summed E-state index contributed by atoms with van der Waals surface area (Å²) in [6.07, 6.45) is 0.746. The summed E-state index contributed by atoms with van der Waals surface area (Å²) in [5.74, 6) is 0.423. The lowest BCUT2D eigenvalue weighted by Crippen LogP contribution is -2.20. The van der Waals surface area contributed by atoms with Crippen LogP contribution in [0.4, 0.5) is 4.39 Å². The van der Waals surface area contributed by atoms with Gasteiger partial charge >= 0.3 is 0 Å². The fourth-order valence-electron chi connectivity index (χ4n) is 1.60. The second kappa shape index (κ2) is 5.68. The molecule has 0 radical (unpaired) electrons. The second-order valence-corrected chi connectivity index (χ2v) is 3.30. The maximum Gasteiger partial charge on any atom is 0.123 e. The third kappa shape index (κ3) is 2.91. The summed E-state index contributed by atoms with van der Waals surface area (Å²) in [6.45, 7) is 0.547. The first-order chi connectivity index (χ1) is 7.22. The van der Waals surface area contributed by atoms with Gasteiger partial charge in [0.05, 0.1) is 7.11 Å². The Hall–Kier alpha value is -1.13. The molecule has 1 atom stereocenters. The SMILES string of the molecule is CNC(CCN)c1cc(F)ccc1OC. The predicted molar refractivity (Wildman–Crippen MR) is 58.4 cm³/mol. The molecule has 1 unspecified atom stereocenters. The number of ether oxygens (including phenoxy) is 1. The maximum atomic E-state index is 13.1. The molecule has 15 heavy (non-hydrogen) atoms. The molecule has 0 aliphatic rings. The Kier molecular flexibility index (Phi) is 4.52. The average Bonchev–Trinajstić information content (AvgIpc) is 2.26. The highest BCUT2D eigenvalue weighted by molar-refractivity contribution is 5.36. The van der Waals surface area contributed by atoms with E-state index < -0.39 is 0 Å². The topological polar surface area (TPSA) is 47.3 Å². The van der Waals surface area contributed by atoms with Gasteiger partial charge in [0, 0.05) is 11.6 Å². The van der Waals surface area contributed by atoms with E-state index in [4.69, 9.17) is 10.5 Å². The third-order valence-corrected chi connectivity index (χ3v) is 2.37. The van der Waals surface area contributed by atoms with Crippen molar-refractivity contribution in [3.8, 4) is 5.75 Å². The summed E-state index contributed by atoms with van der Waals surface area (Å²) in [7, 11) is 3.40. The van der Waals surface area contributed by atoms with Crippen LogP contribution in [-0.2, 0) is 0 Å². The van der Waals surface area contributed by atoms with Gasteiger partial charge < -0.3 is 15.8 Å². The number of halogens is 1. The Morgan fingerprint density at radius 1 is 1.53 bits per heavy atom. The van der Waals surface area contributed by atoms with Crippen LogP contribution in [0, 0.1) is 5.82 Å². The lowest BCUT2D eigenvalue weighted by Gasteiger charge is -2.18. The lowest BCUT2D eigenvalue weighted by atomic mass is 10.0. The zero-order valence-electron chi connectivity index (χ0n) is 9.09. The Morgan fingerprint density at radius 3 is 2.80 bits per heavy atom. The molecule has 0 fully saturated rings. The van der Waals surface area contributed by atoms with Crippen LogP contribution < -0.4 is 15.8 Å². The van der Waals surface area contributed by atoms with Crippen molar-refractivity contribution < 1.29 is 9.13 Å². The summed E-state index contributed by atoms with van der Waals surface area (Å²) in [6, 6.07) is 4.53. The van der Waals surface area contributed by atoms with Gasteiger partial charge in [-0.25, -0.2) is 4.39 Å². The predicted octanol–water partition coefficient (Wildman–Crippen LogP) is 1.44. The van der Waals surface area contributed by atoms with Crippen LogP contribution in [0.15, 0.2) is 18.2 Å². The summed E-state index contributed by atoms with van der Waals surface area (Å²) in [4.78, 5) is 0. The minimum atomic E-state index is -0.261. The molecular weight excluding hydrogens is 195 g/mol. The van der Waals surface area contributed by atoms with Gasteiger partial charge in [-0.2, -0.15) is 0 Å². The van der Waals surface area contributed by atoms with Crippen LogP contribution in [0.1, 0.15) is 18.0 Å². The zero-order chi connectivity index (χ0) is 11.3. The van der Waals surface area contributed by atoms with E-state index >= 15 is 0 Å². The van der Waals surface area contributed by atoms with Crippen molar-refractivity contribution in [3.63, 3.8) is 0 Å². The van der Waals surface area contributed by atoms with Gasteiger partial charge in [0.2, 0.25) is 0 Å². The maximum absolute atomic E-state index is 13.1. The van der Waals surface area contributed by atoms with Crippen molar-refractivity contribution in [2.45, 2.75) is 12.5 Å². The molecule has 0 saturated heterocycles. The molecule has 0 spiro atoms. The largest absolute Gasteiger partial charge is 0.496 e. The normalized spacial score (nSPS) is 12.5. The van der Waals surface area contributed by atoms with Gasteiger partial charge in [-0.1, -0.05) is 0 Å². The molecule has 1 aromatic rings. The van der Waals surface area contributed by atoms with Crippen molar-refractivity contribution in [2.24, 2.45) is 5.73 Å². The van der Waals surface area contributed by atoms with Gasteiger partial charge in [-0.3, -0.25) is 0 Å². The van der Waals surface area contributed by atoms with E-state index in [0.29, 0.717) is 12.3 Å². The number of hydrogen-bond donors (Lipinski definition) is 2. The minimum absolute atomic E-state index is 0.0284. The molecule has 1 rings (SSSR count). The van der Waals surface area contributed by atoms with E-state index in [-0.39, 0.29) is 11.9 Å². The highest BCUT2D eigenvalue weighted by Crippen LogP contribution is 2.27. The fourth-order valence-corrected chi connectivity index (χ4v) is 1.60. The van der Waals surface area contributed by atoms with Gasteiger partial charge in [-0.15, -0.1) is 0 Å². The fraction of sp³-hybridized carbons (Fsp3) is 0.455. The molecule has 84 valence electrons. The van der Waals surface area contributed by atoms with E-state index in [1.165, 1.54) is 12.1 Å². The van der Waals surface area contributed by atoms with Crippen LogP contribution in [-0.4, -0.2) is 20.7 Å². The molecule has 3 nitrogen and oxygen atoms in total. The second-order valence-electron chi connectivity index (χ2n) is 3.30. The van der Waals surface area contributed by atoms with Crippen molar-refractivity contribution in [2.75, 3.05) is 20.7 Å². The summed E-state index contributed by atoms with van der Waals surface area (Å²) in [5, 5.41) is 3.09. The first kappa shape index (κ1) is 11.9. The Labute approximate surface area is 89.4 Å². The smallest absolute Gasteiger partial charge is 0.123 e. The van der Waals surface area contributed by atoms with Crippen LogP contribution in [0.25, 0.3) is 0 Å². The van der Waals surface area contributed by atoms with E-state index in [2.05, 4.69) is 5.32 Å². The van der Waals surface area contributed by atoms with E-state index in [0.717, 1.165) is 12.0 Å². The van der Waals surface area contributed by atoms with E-state index in [1.54, 1.807) is 13.2 Å². The quantitative estimate of drug-likeness (QED) is 0.776. The number of nitrogens with one attached hydrogen (secondary N) is 1. The Morgan fingerprint density at radius 2 is 2.27 bits per heavy atom. The van der Waals surface area contributed by atoms with Crippen molar-refractivity contribution in [3.05, 3.63) is 29.6 Å². The van der Waals surface area contributed by atoms with Gasteiger partial charge in [0.1, 0.15) is 11.6 Å². The van der Waals surface area contributed by atoms with Crippen molar-refractivity contribution in [1.29, 1.82) is 0 Å². The number of nitrogens with two attached hydrogens (primary N) is 1. The Balaban J connectivity index is 3.02. The molecule has 1 aromatic carbocycles. The standard InChI is InChI=1S/C11H17FN2O/c1-14-10(5-6-13)9-7-8(12)3-4-11(9)15-2/h3-4,7,10,14H,5-6,13H2,1-2H3. The Bertz CT molecular complexity index is 317. The van der Waals surface area contributed by atoms with Crippen LogP contribution in [0.2, 0.25) is 0 Å². The van der Waals surface area contributed by atoms with E-state index in [1.807, 2.05) is 7.05 Å². The van der Waals surface area contributed by atoms with Crippen LogP contribution in [0.5, 0.6) is 5.75 Å². The van der Waals surface area contributed by atoms with Crippen molar-refractivity contribution in [1.82, 2.24) is 5.32 Å². The molecule has 0 aliphatic carbocycles. The molecule has 4 heteroatoms. The third-order valence-electron chi connectivity index (χ3n) is 2.37. The zero-order valence-corrected chi connectivity index (χ0v) is 9.09. The van der Waals surface area contributed by atoms with Crippen LogP contribution >= 0.6 is 0 Å². The molecule has 3 N–H and O–H groups in total. The summed E-state index contributed by atoms with van der Waals surface area (Å²) >= 11 is 0. The lowest BCUT2D eigenvalue weighted by molar-refractivity contribution is 0.397. The highest BCUT2D eigenvalue weighted by Gasteiger charge is 2.14. The van der Waals surface area contributed by atoms with Gasteiger partial charge in [0.15, 0.2) is 0 Å². The van der Waals surface area contributed by atoms with Gasteiger partial charge in [0.25, 0.3) is 0 Å². The average molecular weight is 212 g/mol. The molecule has 0 amide bonds. The van der Waals surface area contributed by atoms with Gasteiger partial charge in [-0.05, 0) is 38.2 Å². The molecule has 0 saturated carbocycles. The first-order valence-electron chi connectivity index (χ1n) is 4.93. The highest BCUT2D eigenvalue weighted by atomic mass is 19.1. The summed E-state index contributed by atoms with van der Waals surface area (Å²) < 4.78 is 18.3. The monoisotopic (exact) mass is 212 g/mol. The minimum Gasteiger partial charge on any atom is -0.496 e. The number of hydrogen-bond acceptors (Lipinski definition) is 3. The number of benzene rings is 1. The number of rotatable bonds is 5. The van der Waals surface area contributed by atoms with E-state index in [9.17, 15) is 4.39 Å². The van der Waals surface area contributed by atoms with Crippen LogP contribution in [0.3, 0.4) is 0 Å². The van der Waals surface area contributed by atoms with Crippen molar-refractivity contribution >= 4 is 0 Å². The molecule has 0 bridgehead atoms. The first-order valence-corrected chi connectivity index (χ1v) is 4.93. The number of methoxy groups -OCH3 is 1. The molecular formula is C11H17FN2O. The molecule has 0 aliphatic heterocycles.